The van der Waals surface area contributed by atoms with Gasteiger partial charge in [0.15, 0.2) is 0 Å². The first-order valence-electron chi connectivity index (χ1n) is 8.16. The summed E-state index contributed by atoms with van der Waals surface area (Å²) in [7, 11) is 0. The Morgan fingerprint density at radius 3 is 1.90 bits per heavy atom. The Bertz CT molecular complexity index is 633. The van der Waals surface area contributed by atoms with Gasteiger partial charge >= 0.3 is 0 Å². The molecule has 0 saturated heterocycles. The van der Waals surface area contributed by atoms with Crippen molar-refractivity contribution in [3.05, 3.63) is 23.3 Å². The fourth-order valence-electron chi connectivity index (χ4n) is 3.14. The van der Waals surface area contributed by atoms with Crippen LogP contribution in [0.3, 0.4) is 0 Å². The Morgan fingerprint density at radius 2 is 1.48 bits per heavy atom. The molecule has 3 nitrogen and oxygen atoms in total. The second-order valence-electron chi connectivity index (χ2n) is 7.19. The second kappa shape index (κ2) is 5.78. The summed E-state index contributed by atoms with van der Waals surface area (Å²) in [5, 5.41) is 0. The summed E-state index contributed by atoms with van der Waals surface area (Å²) in [5.74, 6) is 2.27. The lowest BCUT2D eigenvalue weighted by atomic mass is 9.96. The third kappa shape index (κ3) is 2.70. The van der Waals surface area contributed by atoms with Crippen molar-refractivity contribution in [2.75, 3.05) is 0 Å². The fraction of sp³-hybridized carbons (Fsp3) is 0.667. The van der Waals surface area contributed by atoms with Crippen LogP contribution in [0, 0.1) is 0 Å². The number of fused-ring (bicyclic) bond motifs is 1. The molecule has 21 heavy (non-hydrogen) atoms. The molecule has 0 aliphatic carbocycles. The minimum absolute atomic E-state index is 0.360. The highest BCUT2D eigenvalue weighted by atomic mass is 15.1. The minimum Gasteiger partial charge on any atom is -0.339 e. The minimum atomic E-state index is 0.360. The van der Waals surface area contributed by atoms with Gasteiger partial charge in [-0.1, -0.05) is 41.5 Å². The SMILES string of the molecule is CC(C)c1ncc2c(n1)c(C(C)C)c(C(C)C)n2C(C)C. The van der Waals surface area contributed by atoms with Gasteiger partial charge < -0.3 is 4.57 Å². The standard InChI is InChI=1S/C18H29N3/c1-10(2)15-16-14(9-19-18(20-16)12(5)6)21(13(7)8)17(15)11(3)4/h9-13H,1-8H3. The van der Waals surface area contributed by atoms with Crippen molar-refractivity contribution in [2.45, 2.75) is 79.2 Å². The van der Waals surface area contributed by atoms with Crippen molar-refractivity contribution in [3.63, 3.8) is 0 Å². The molecule has 0 saturated carbocycles. The molecule has 0 aliphatic rings. The number of aromatic nitrogens is 3. The second-order valence-corrected chi connectivity index (χ2v) is 7.19. The summed E-state index contributed by atoms with van der Waals surface area (Å²) < 4.78 is 2.43. The van der Waals surface area contributed by atoms with Crippen LogP contribution in [0.2, 0.25) is 0 Å². The van der Waals surface area contributed by atoms with Gasteiger partial charge in [0, 0.05) is 23.2 Å². The van der Waals surface area contributed by atoms with E-state index in [2.05, 4.69) is 64.9 Å². The molecule has 0 bridgehead atoms. The van der Waals surface area contributed by atoms with Crippen molar-refractivity contribution in [3.8, 4) is 0 Å². The van der Waals surface area contributed by atoms with E-state index in [-0.39, 0.29) is 0 Å². The number of hydrogen-bond acceptors (Lipinski definition) is 2. The molecule has 0 spiro atoms. The van der Waals surface area contributed by atoms with Crippen LogP contribution in [0.5, 0.6) is 0 Å². The summed E-state index contributed by atoms with van der Waals surface area (Å²) in [6.45, 7) is 17.9. The van der Waals surface area contributed by atoms with E-state index in [1.165, 1.54) is 16.8 Å². The Morgan fingerprint density at radius 1 is 0.857 bits per heavy atom. The molecular weight excluding hydrogens is 258 g/mol. The first-order valence-corrected chi connectivity index (χ1v) is 8.16. The van der Waals surface area contributed by atoms with Gasteiger partial charge in [-0.25, -0.2) is 9.97 Å². The van der Waals surface area contributed by atoms with Crippen LogP contribution in [0.15, 0.2) is 6.20 Å². The van der Waals surface area contributed by atoms with Crippen molar-refractivity contribution in [2.24, 2.45) is 0 Å². The zero-order chi connectivity index (χ0) is 15.9. The van der Waals surface area contributed by atoms with Crippen LogP contribution in [0.25, 0.3) is 11.0 Å². The van der Waals surface area contributed by atoms with Crippen molar-refractivity contribution >= 4 is 11.0 Å². The lowest BCUT2D eigenvalue weighted by Gasteiger charge is -2.19. The third-order valence-electron chi connectivity index (χ3n) is 4.00. The maximum absolute atomic E-state index is 4.91. The summed E-state index contributed by atoms with van der Waals surface area (Å²) in [6.07, 6.45) is 2.02. The van der Waals surface area contributed by atoms with Gasteiger partial charge in [0.25, 0.3) is 0 Å². The van der Waals surface area contributed by atoms with E-state index in [0.717, 1.165) is 11.3 Å². The van der Waals surface area contributed by atoms with E-state index >= 15 is 0 Å². The maximum Gasteiger partial charge on any atom is 0.131 e. The van der Waals surface area contributed by atoms with E-state index in [1.54, 1.807) is 0 Å². The highest BCUT2D eigenvalue weighted by Crippen LogP contribution is 2.37. The molecular formula is C18H29N3. The highest BCUT2D eigenvalue weighted by molar-refractivity contribution is 5.82. The number of rotatable bonds is 4. The molecule has 116 valence electrons. The maximum atomic E-state index is 4.91. The Labute approximate surface area is 128 Å². The average molecular weight is 287 g/mol. The lowest BCUT2D eigenvalue weighted by Crippen LogP contribution is -2.09. The number of nitrogens with zero attached hydrogens (tertiary/aromatic N) is 3. The van der Waals surface area contributed by atoms with Crippen molar-refractivity contribution in [1.82, 2.24) is 14.5 Å². The molecule has 0 amide bonds. The molecule has 0 atom stereocenters. The third-order valence-corrected chi connectivity index (χ3v) is 4.00. The summed E-state index contributed by atoms with van der Waals surface area (Å²) >= 11 is 0. The van der Waals surface area contributed by atoms with Crippen LogP contribution < -0.4 is 0 Å². The predicted octanol–water partition coefficient (Wildman–Crippen LogP) is 5.38. The topological polar surface area (TPSA) is 30.7 Å². The highest BCUT2D eigenvalue weighted by Gasteiger charge is 2.24. The van der Waals surface area contributed by atoms with Gasteiger partial charge in [0.2, 0.25) is 0 Å². The van der Waals surface area contributed by atoms with E-state index < -0.39 is 0 Å². The molecule has 2 aromatic heterocycles. The number of hydrogen-bond donors (Lipinski definition) is 0. The van der Waals surface area contributed by atoms with Crippen molar-refractivity contribution < 1.29 is 0 Å². The first-order chi connectivity index (χ1) is 9.75. The van der Waals surface area contributed by atoms with Crippen molar-refractivity contribution in [1.29, 1.82) is 0 Å². The molecule has 2 heterocycles. The predicted molar refractivity (Wildman–Crippen MR) is 90.2 cm³/mol. The smallest absolute Gasteiger partial charge is 0.131 e. The molecule has 0 aromatic carbocycles. The monoisotopic (exact) mass is 287 g/mol. The van der Waals surface area contributed by atoms with Gasteiger partial charge in [-0.2, -0.15) is 0 Å². The molecule has 0 unspecified atom stereocenters. The van der Waals surface area contributed by atoms with Crippen LogP contribution >= 0.6 is 0 Å². The van der Waals surface area contributed by atoms with Gasteiger partial charge in [-0.15, -0.1) is 0 Å². The van der Waals surface area contributed by atoms with Crippen LogP contribution in [-0.4, -0.2) is 14.5 Å². The molecule has 3 heteroatoms. The van der Waals surface area contributed by atoms with Crippen LogP contribution in [-0.2, 0) is 0 Å². The Hall–Kier alpha value is -1.38. The lowest BCUT2D eigenvalue weighted by molar-refractivity contribution is 0.569. The quantitative estimate of drug-likeness (QED) is 0.755. The normalized spacial score (nSPS) is 12.6. The van der Waals surface area contributed by atoms with Crippen LogP contribution in [0.1, 0.15) is 96.3 Å². The first kappa shape index (κ1) is 16.0. The Kier molecular flexibility index (Phi) is 4.40. The zero-order valence-electron chi connectivity index (χ0n) is 14.7. The van der Waals surface area contributed by atoms with Gasteiger partial charge in [0.05, 0.1) is 17.2 Å². The van der Waals surface area contributed by atoms with Gasteiger partial charge in [-0.05, 0) is 25.7 Å². The summed E-state index contributed by atoms with van der Waals surface area (Å²) in [5.41, 5.74) is 5.16. The molecule has 0 N–H and O–H groups in total. The Balaban J connectivity index is 2.90. The van der Waals surface area contributed by atoms with Crippen LogP contribution in [0.4, 0.5) is 0 Å². The van der Waals surface area contributed by atoms with E-state index in [9.17, 15) is 0 Å². The van der Waals surface area contributed by atoms with Gasteiger partial charge in [0.1, 0.15) is 5.82 Å². The van der Waals surface area contributed by atoms with E-state index in [0.29, 0.717) is 23.8 Å². The van der Waals surface area contributed by atoms with Gasteiger partial charge in [-0.3, -0.25) is 0 Å². The molecule has 0 fully saturated rings. The molecule has 0 aliphatic heterocycles. The largest absolute Gasteiger partial charge is 0.339 e. The summed E-state index contributed by atoms with van der Waals surface area (Å²) in [4.78, 5) is 9.50. The average Bonchev–Trinajstić information content (AvgIpc) is 2.72. The molecule has 0 radical (unpaired) electrons. The fourth-order valence-corrected chi connectivity index (χ4v) is 3.14. The van der Waals surface area contributed by atoms with E-state index in [4.69, 9.17) is 4.98 Å². The molecule has 2 aromatic rings. The molecule has 2 rings (SSSR count). The zero-order valence-corrected chi connectivity index (χ0v) is 14.7. The van der Waals surface area contributed by atoms with E-state index in [1.807, 2.05) is 6.20 Å². The summed E-state index contributed by atoms with van der Waals surface area (Å²) in [6, 6.07) is 0.422.